The minimum Gasteiger partial charge on any atom is -0.396 e. The van der Waals surface area contributed by atoms with Crippen LogP contribution in [0.2, 0.25) is 0 Å². The Hall–Kier alpha value is -1.41. The highest BCUT2D eigenvalue weighted by Gasteiger charge is 2.25. The summed E-state index contributed by atoms with van der Waals surface area (Å²) in [5, 5.41) is 4.32. The Kier molecular flexibility index (Phi) is 4.67. The molecule has 0 aliphatic heterocycles. The van der Waals surface area contributed by atoms with E-state index >= 15 is 0 Å². The number of nitrogens with zero attached hydrogens (tertiary/aromatic N) is 3. The van der Waals surface area contributed by atoms with Crippen molar-refractivity contribution in [1.29, 1.82) is 0 Å². The number of rotatable bonds is 5. The quantitative estimate of drug-likeness (QED) is 0.868. The molecular weight excluding hydrogens is 356 g/mol. The standard InChI is InChI=1S/C13H17BrN4O2S/c1-3-10-12(14)11(18(4-2)17-10)8-21(19,20)13-9(15)6-5-7-16-13/h5-7H,3-4,8,15H2,1-2H3. The maximum Gasteiger partial charge on any atom is 0.203 e. The van der Waals surface area contributed by atoms with Crippen LogP contribution in [0.5, 0.6) is 0 Å². The van der Waals surface area contributed by atoms with E-state index in [-0.39, 0.29) is 16.5 Å². The Balaban J connectivity index is 2.47. The topological polar surface area (TPSA) is 90.9 Å². The van der Waals surface area contributed by atoms with Gasteiger partial charge in [-0.05, 0) is 41.4 Å². The van der Waals surface area contributed by atoms with Gasteiger partial charge in [0, 0.05) is 12.7 Å². The molecule has 0 aliphatic carbocycles. The zero-order chi connectivity index (χ0) is 15.6. The van der Waals surface area contributed by atoms with Gasteiger partial charge >= 0.3 is 0 Å². The summed E-state index contributed by atoms with van der Waals surface area (Å²) in [5.41, 5.74) is 7.35. The molecule has 0 amide bonds. The number of hydrogen-bond donors (Lipinski definition) is 1. The van der Waals surface area contributed by atoms with Gasteiger partial charge in [0.05, 0.1) is 27.3 Å². The van der Waals surface area contributed by atoms with Gasteiger partial charge in [0.25, 0.3) is 0 Å². The molecule has 0 saturated heterocycles. The van der Waals surface area contributed by atoms with Crippen molar-refractivity contribution in [1.82, 2.24) is 14.8 Å². The van der Waals surface area contributed by atoms with Crippen molar-refractivity contribution in [2.45, 2.75) is 37.6 Å². The van der Waals surface area contributed by atoms with Crippen molar-refractivity contribution in [3.8, 4) is 0 Å². The third-order valence-corrected chi connectivity index (χ3v) is 5.62. The van der Waals surface area contributed by atoms with E-state index in [1.165, 1.54) is 12.3 Å². The molecule has 0 aromatic carbocycles. The molecule has 0 fully saturated rings. The van der Waals surface area contributed by atoms with Gasteiger partial charge in [0.1, 0.15) is 0 Å². The van der Waals surface area contributed by atoms with Gasteiger partial charge in [-0.3, -0.25) is 4.68 Å². The molecule has 2 N–H and O–H groups in total. The first-order valence-corrected chi connectivity index (χ1v) is 9.02. The van der Waals surface area contributed by atoms with Gasteiger partial charge < -0.3 is 5.73 Å². The first kappa shape index (κ1) is 16.0. The van der Waals surface area contributed by atoms with Gasteiger partial charge in [-0.2, -0.15) is 5.10 Å². The van der Waals surface area contributed by atoms with Crippen LogP contribution in [0.3, 0.4) is 0 Å². The van der Waals surface area contributed by atoms with E-state index < -0.39 is 9.84 Å². The Morgan fingerprint density at radius 2 is 2.10 bits per heavy atom. The zero-order valence-corrected chi connectivity index (χ0v) is 14.3. The number of aryl methyl sites for hydroxylation is 2. The molecule has 0 aliphatic rings. The second-order valence-electron chi connectivity index (χ2n) is 4.53. The van der Waals surface area contributed by atoms with Crippen LogP contribution in [0.25, 0.3) is 0 Å². The highest BCUT2D eigenvalue weighted by atomic mass is 79.9. The molecule has 114 valence electrons. The number of pyridine rings is 1. The molecule has 2 rings (SSSR count). The summed E-state index contributed by atoms with van der Waals surface area (Å²) < 4.78 is 27.5. The minimum absolute atomic E-state index is 0.0844. The fourth-order valence-electron chi connectivity index (χ4n) is 2.07. The fraction of sp³-hybridized carbons (Fsp3) is 0.385. The van der Waals surface area contributed by atoms with Crippen molar-refractivity contribution < 1.29 is 8.42 Å². The lowest BCUT2D eigenvalue weighted by molar-refractivity contribution is 0.582. The SMILES string of the molecule is CCc1nn(CC)c(CS(=O)(=O)c2ncccc2N)c1Br. The van der Waals surface area contributed by atoms with E-state index in [9.17, 15) is 8.42 Å². The number of sulfone groups is 1. The highest BCUT2D eigenvalue weighted by molar-refractivity contribution is 9.10. The number of nitrogen functional groups attached to an aromatic ring is 1. The zero-order valence-electron chi connectivity index (χ0n) is 11.9. The van der Waals surface area contributed by atoms with Gasteiger partial charge in [-0.15, -0.1) is 0 Å². The van der Waals surface area contributed by atoms with E-state index in [2.05, 4.69) is 26.0 Å². The Labute approximate surface area is 132 Å². The summed E-state index contributed by atoms with van der Waals surface area (Å²) in [7, 11) is -3.62. The Bertz CT molecular complexity index is 756. The van der Waals surface area contributed by atoms with Crippen molar-refractivity contribution >= 4 is 31.5 Å². The molecule has 0 saturated carbocycles. The predicted molar refractivity (Wildman–Crippen MR) is 84.5 cm³/mol. The molecule has 0 atom stereocenters. The molecule has 0 bridgehead atoms. The van der Waals surface area contributed by atoms with Crippen molar-refractivity contribution in [2.75, 3.05) is 5.73 Å². The largest absolute Gasteiger partial charge is 0.396 e. The van der Waals surface area contributed by atoms with Crippen molar-refractivity contribution in [3.05, 3.63) is 34.2 Å². The van der Waals surface area contributed by atoms with Crippen molar-refractivity contribution in [3.63, 3.8) is 0 Å². The monoisotopic (exact) mass is 372 g/mol. The Morgan fingerprint density at radius 1 is 1.38 bits per heavy atom. The van der Waals surface area contributed by atoms with Gasteiger partial charge in [0.15, 0.2) is 5.03 Å². The van der Waals surface area contributed by atoms with Crippen LogP contribution in [0.1, 0.15) is 25.2 Å². The number of hydrogen-bond acceptors (Lipinski definition) is 5. The normalized spacial score (nSPS) is 11.8. The lowest BCUT2D eigenvalue weighted by atomic mass is 10.3. The van der Waals surface area contributed by atoms with E-state index in [0.717, 1.165) is 16.6 Å². The summed E-state index contributed by atoms with van der Waals surface area (Å²) in [4.78, 5) is 3.90. The summed E-state index contributed by atoms with van der Waals surface area (Å²) in [6, 6.07) is 3.14. The van der Waals surface area contributed by atoms with E-state index in [1.54, 1.807) is 10.7 Å². The van der Waals surface area contributed by atoms with Crippen LogP contribution >= 0.6 is 15.9 Å². The number of nitrogens with two attached hydrogens (primary N) is 1. The van der Waals surface area contributed by atoms with E-state index in [0.29, 0.717) is 12.2 Å². The van der Waals surface area contributed by atoms with Crippen LogP contribution in [0.15, 0.2) is 27.8 Å². The van der Waals surface area contributed by atoms with Crippen LogP contribution < -0.4 is 5.73 Å². The van der Waals surface area contributed by atoms with Crippen LogP contribution in [-0.2, 0) is 28.6 Å². The first-order chi connectivity index (χ1) is 9.90. The molecule has 21 heavy (non-hydrogen) atoms. The molecule has 0 unspecified atom stereocenters. The second kappa shape index (κ2) is 6.15. The third-order valence-electron chi connectivity index (χ3n) is 3.12. The number of aromatic nitrogens is 3. The minimum atomic E-state index is -3.62. The smallest absolute Gasteiger partial charge is 0.203 e. The molecule has 2 aromatic heterocycles. The Morgan fingerprint density at radius 3 is 2.67 bits per heavy atom. The molecule has 6 nitrogen and oxygen atoms in total. The first-order valence-electron chi connectivity index (χ1n) is 6.58. The van der Waals surface area contributed by atoms with Gasteiger partial charge in [-0.25, -0.2) is 13.4 Å². The van der Waals surface area contributed by atoms with Crippen LogP contribution in [0.4, 0.5) is 5.69 Å². The van der Waals surface area contributed by atoms with E-state index in [1.807, 2.05) is 13.8 Å². The maximum absolute atomic E-state index is 12.5. The van der Waals surface area contributed by atoms with E-state index in [4.69, 9.17) is 5.73 Å². The summed E-state index contributed by atoms with van der Waals surface area (Å²) in [6.45, 7) is 4.49. The molecule has 2 aromatic rings. The second-order valence-corrected chi connectivity index (χ2v) is 7.23. The maximum atomic E-state index is 12.5. The average molecular weight is 373 g/mol. The number of anilines is 1. The highest BCUT2D eigenvalue weighted by Crippen LogP contribution is 2.27. The molecule has 0 radical (unpaired) electrons. The predicted octanol–water partition coefficient (Wildman–Crippen LogP) is 2.18. The van der Waals surface area contributed by atoms with Gasteiger partial charge in [0.2, 0.25) is 9.84 Å². The molecule has 8 heteroatoms. The molecular formula is C13H17BrN4O2S. The van der Waals surface area contributed by atoms with Gasteiger partial charge in [-0.1, -0.05) is 6.92 Å². The van der Waals surface area contributed by atoms with Crippen LogP contribution in [0, 0.1) is 0 Å². The average Bonchev–Trinajstić information content (AvgIpc) is 2.75. The summed E-state index contributed by atoms with van der Waals surface area (Å²) in [6.07, 6.45) is 2.15. The van der Waals surface area contributed by atoms with Crippen molar-refractivity contribution in [2.24, 2.45) is 0 Å². The molecule has 0 spiro atoms. The summed E-state index contributed by atoms with van der Waals surface area (Å²) >= 11 is 3.45. The molecule has 2 heterocycles. The van der Waals surface area contributed by atoms with Crippen LogP contribution in [-0.4, -0.2) is 23.2 Å². The third kappa shape index (κ3) is 3.11. The lowest BCUT2D eigenvalue weighted by Gasteiger charge is -2.08. The summed E-state index contributed by atoms with van der Waals surface area (Å²) in [5.74, 6) is -0.185. The fourth-order valence-corrected chi connectivity index (χ4v) is 4.40. The lowest BCUT2D eigenvalue weighted by Crippen LogP contribution is -2.13. The number of halogens is 1.